The lowest BCUT2D eigenvalue weighted by molar-refractivity contribution is 0.0227. The molecule has 1 amide bonds. The lowest BCUT2D eigenvalue weighted by Crippen LogP contribution is -2.39. The Morgan fingerprint density at radius 1 is 1.26 bits per heavy atom. The minimum Gasteiger partial charge on any atom is -0.377 e. The third-order valence-electron chi connectivity index (χ3n) is 3.37. The van der Waals surface area contributed by atoms with E-state index in [1.54, 1.807) is 13.2 Å². The van der Waals surface area contributed by atoms with Crippen molar-refractivity contribution in [2.45, 2.75) is 32.7 Å². The molecule has 0 radical (unpaired) electrons. The van der Waals surface area contributed by atoms with Gasteiger partial charge in [0, 0.05) is 19.7 Å². The van der Waals surface area contributed by atoms with Crippen LogP contribution >= 0.6 is 0 Å². The molecule has 6 nitrogen and oxygen atoms in total. The zero-order chi connectivity index (χ0) is 16.7. The maximum Gasteiger partial charge on any atom is 0.273 e. The SMILES string of the molecule is COC(C)(C)CNC(=O)c1cc(COCc2ccccc2)on1. The van der Waals surface area contributed by atoms with Crippen molar-refractivity contribution in [3.8, 4) is 0 Å². The molecule has 2 rings (SSSR count). The third kappa shape index (κ3) is 5.50. The Morgan fingerprint density at radius 3 is 2.70 bits per heavy atom. The summed E-state index contributed by atoms with van der Waals surface area (Å²) in [7, 11) is 1.60. The van der Waals surface area contributed by atoms with Gasteiger partial charge < -0.3 is 19.3 Å². The summed E-state index contributed by atoms with van der Waals surface area (Å²) in [4.78, 5) is 12.0. The summed E-state index contributed by atoms with van der Waals surface area (Å²) >= 11 is 0. The molecule has 23 heavy (non-hydrogen) atoms. The van der Waals surface area contributed by atoms with E-state index in [1.165, 1.54) is 0 Å². The van der Waals surface area contributed by atoms with Gasteiger partial charge in [-0.15, -0.1) is 0 Å². The molecule has 1 aromatic heterocycles. The van der Waals surface area contributed by atoms with Gasteiger partial charge in [-0.2, -0.15) is 0 Å². The van der Waals surface area contributed by atoms with Crippen LogP contribution in [0.2, 0.25) is 0 Å². The first-order valence-corrected chi connectivity index (χ1v) is 7.41. The number of nitrogens with zero attached hydrogens (tertiary/aromatic N) is 1. The summed E-state index contributed by atoms with van der Waals surface area (Å²) in [6.07, 6.45) is 0. The van der Waals surface area contributed by atoms with Gasteiger partial charge in [-0.05, 0) is 19.4 Å². The molecule has 0 atom stereocenters. The van der Waals surface area contributed by atoms with Crippen molar-refractivity contribution in [2.75, 3.05) is 13.7 Å². The number of hydrogen-bond acceptors (Lipinski definition) is 5. The van der Waals surface area contributed by atoms with Crippen molar-refractivity contribution in [2.24, 2.45) is 0 Å². The van der Waals surface area contributed by atoms with Crippen molar-refractivity contribution in [1.82, 2.24) is 10.5 Å². The number of nitrogens with one attached hydrogen (secondary N) is 1. The summed E-state index contributed by atoms with van der Waals surface area (Å²) in [5, 5.41) is 6.52. The van der Waals surface area contributed by atoms with Crippen LogP contribution in [-0.4, -0.2) is 30.3 Å². The van der Waals surface area contributed by atoms with Gasteiger partial charge in [-0.3, -0.25) is 4.79 Å². The molecular weight excluding hydrogens is 296 g/mol. The van der Waals surface area contributed by atoms with Gasteiger partial charge in [0.1, 0.15) is 6.61 Å². The first-order valence-electron chi connectivity index (χ1n) is 7.41. The summed E-state index contributed by atoms with van der Waals surface area (Å²) < 4.78 is 15.9. The molecule has 2 aromatic rings. The Balaban J connectivity index is 1.79. The van der Waals surface area contributed by atoms with E-state index in [1.807, 2.05) is 44.2 Å². The Hall–Kier alpha value is -2.18. The molecular formula is C17H22N2O4. The first kappa shape index (κ1) is 17.2. The second-order valence-electron chi connectivity index (χ2n) is 5.80. The lowest BCUT2D eigenvalue weighted by Gasteiger charge is -2.22. The van der Waals surface area contributed by atoms with Crippen LogP contribution in [0.3, 0.4) is 0 Å². The van der Waals surface area contributed by atoms with Gasteiger partial charge in [0.2, 0.25) is 0 Å². The van der Waals surface area contributed by atoms with E-state index in [4.69, 9.17) is 14.0 Å². The lowest BCUT2D eigenvalue weighted by atomic mass is 10.1. The van der Waals surface area contributed by atoms with Crippen LogP contribution in [0.4, 0.5) is 0 Å². The molecule has 0 saturated heterocycles. The van der Waals surface area contributed by atoms with Crippen molar-refractivity contribution in [3.63, 3.8) is 0 Å². The van der Waals surface area contributed by atoms with E-state index in [2.05, 4.69) is 10.5 Å². The summed E-state index contributed by atoms with van der Waals surface area (Å²) in [5.74, 6) is 0.213. The maximum atomic E-state index is 12.0. The van der Waals surface area contributed by atoms with E-state index < -0.39 is 5.60 Å². The molecule has 0 bridgehead atoms. The fourth-order valence-electron chi connectivity index (χ4n) is 1.79. The average molecular weight is 318 g/mol. The normalized spacial score (nSPS) is 11.4. The number of amides is 1. The molecule has 0 aliphatic carbocycles. The van der Waals surface area contributed by atoms with Gasteiger partial charge in [-0.25, -0.2) is 0 Å². The highest BCUT2D eigenvalue weighted by atomic mass is 16.5. The molecule has 0 saturated carbocycles. The highest BCUT2D eigenvalue weighted by molar-refractivity contribution is 5.92. The third-order valence-corrected chi connectivity index (χ3v) is 3.37. The van der Waals surface area contributed by atoms with Crippen LogP contribution in [0, 0.1) is 0 Å². The van der Waals surface area contributed by atoms with E-state index in [0.29, 0.717) is 18.9 Å². The molecule has 1 heterocycles. The molecule has 1 aromatic carbocycles. The van der Waals surface area contributed by atoms with Crippen LogP contribution in [0.25, 0.3) is 0 Å². The van der Waals surface area contributed by atoms with Crippen molar-refractivity contribution in [1.29, 1.82) is 0 Å². The van der Waals surface area contributed by atoms with E-state index >= 15 is 0 Å². The number of aromatic nitrogens is 1. The van der Waals surface area contributed by atoms with E-state index in [-0.39, 0.29) is 18.2 Å². The second kappa shape index (κ2) is 7.89. The Labute approximate surface area is 135 Å². The summed E-state index contributed by atoms with van der Waals surface area (Å²) in [6.45, 7) is 4.90. The quantitative estimate of drug-likeness (QED) is 0.809. The number of ether oxygens (including phenoxy) is 2. The highest BCUT2D eigenvalue weighted by Crippen LogP contribution is 2.09. The molecule has 0 aliphatic heterocycles. The molecule has 0 unspecified atom stereocenters. The predicted octanol–water partition coefficient (Wildman–Crippen LogP) is 2.55. The Morgan fingerprint density at radius 2 is 2.00 bits per heavy atom. The molecule has 124 valence electrons. The first-order chi connectivity index (χ1) is 11.0. The van der Waals surface area contributed by atoms with Crippen LogP contribution in [0.1, 0.15) is 35.7 Å². The highest BCUT2D eigenvalue weighted by Gasteiger charge is 2.19. The minimum atomic E-state index is -0.430. The van der Waals surface area contributed by atoms with Gasteiger partial charge in [0.25, 0.3) is 5.91 Å². The fraction of sp³-hybridized carbons (Fsp3) is 0.412. The van der Waals surface area contributed by atoms with Crippen LogP contribution in [0.5, 0.6) is 0 Å². The van der Waals surface area contributed by atoms with Crippen LogP contribution < -0.4 is 5.32 Å². The topological polar surface area (TPSA) is 73.6 Å². The molecule has 1 N–H and O–H groups in total. The number of carbonyl (C=O) groups excluding carboxylic acids is 1. The zero-order valence-corrected chi connectivity index (χ0v) is 13.7. The summed E-state index contributed by atoms with van der Waals surface area (Å²) in [6, 6.07) is 11.4. The summed E-state index contributed by atoms with van der Waals surface area (Å²) in [5.41, 5.74) is 0.878. The molecule has 0 aliphatic rings. The Bertz CT molecular complexity index is 623. The predicted molar refractivity (Wildman–Crippen MR) is 84.9 cm³/mol. The van der Waals surface area contributed by atoms with Gasteiger partial charge in [0.15, 0.2) is 11.5 Å². The minimum absolute atomic E-state index is 0.232. The average Bonchev–Trinajstić information content (AvgIpc) is 3.03. The zero-order valence-electron chi connectivity index (χ0n) is 13.7. The van der Waals surface area contributed by atoms with Crippen LogP contribution in [0.15, 0.2) is 40.9 Å². The van der Waals surface area contributed by atoms with Crippen LogP contribution in [-0.2, 0) is 22.7 Å². The number of benzene rings is 1. The van der Waals surface area contributed by atoms with Gasteiger partial charge >= 0.3 is 0 Å². The Kier molecular flexibility index (Phi) is 5.90. The molecule has 6 heteroatoms. The van der Waals surface area contributed by atoms with Gasteiger partial charge in [-0.1, -0.05) is 35.5 Å². The van der Waals surface area contributed by atoms with Crippen molar-refractivity contribution < 1.29 is 18.8 Å². The maximum absolute atomic E-state index is 12.0. The second-order valence-corrected chi connectivity index (χ2v) is 5.80. The molecule has 0 fully saturated rings. The monoisotopic (exact) mass is 318 g/mol. The molecule has 0 spiro atoms. The van der Waals surface area contributed by atoms with E-state index in [9.17, 15) is 4.79 Å². The largest absolute Gasteiger partial charge is 0.377 e. The van der Waals surface area contributed by atoms with Crippen molar-refractivity contribution >= 4 is 5.91 Å². The number of rotatable bonds is 8. The van der Waals surface area contributed by atoms with Gasteiger partial charge in [0.05, 0.1) is 12.2 Å². The number of methoxy groups -OCH3 is 1. The smallest absolute Gasteiger partial charge is 0.273 e. The number of carbonyl (C=O) groups is 1. The standard InChI is InChI=1S/C17H22N2O4/c1-17(2,21-3)12-18-16(20)15-9-14(23-19-15)11-22-10-13-7-5-4-6-8-13/h4-9H,10-12H2,1-3H3,(H,18,20). The fourth-order valence-corrected chi connectivity index (χ4v) is 1.79. The van der Waals surface area contributed by atoms with Crippen molar-refractivity contribution in [3.05, 3.63) is 53.4 Å². The number of hydrogen-bond donors (Lipinski definition) is 1. The van der Waals surface area contributed by atoms with E-state index in [0.717, 1.165) is 5.56 Å².